The first kappa shape index (κ1) is 10.4. The van der Waals surface area contributed by atoms with Crippen molar-refractivity contribution in [1.29, 1.82) is 5.41 Å². The molecule has 1 heterocycles. The van der Waals surface area contributed by atoms with Crippen LogP contribution in [0.15, 0.2) is 36.1 Å². The van der Waals surface area contributed by atoms with E-state index < -0.39 is 0 Å². The highest BCUT2D eigenvalue weighted by Crippen LogP contribution is 2.02. The smallest absolute Gasteiger partial charge is 0.0373 e. The lowest BCUT2D eigenvalue weighted by atomic mass is 10.2. The zero-order valence-corrected chi connectivity index (χ0v) is 8.49. The molecule has 1 rings (SSSR count). The van der Waals surface area contributed by atoms with Crippen LogP contribution in [0, 0.1) is 12.3 Å². The molecule has 0 amide bonds. The molecule has 0 bridgehead atoms. The average Bonchev–Trinajstić information content (AvgIpc) is 2.21. The van der Waals surface area contributed by atoms with Gasteiger partial charge in [0, 0.05) is 18.1 Å². The third-order valence-corrected chi connectivity index (χ3v) is 1.81. The summed E-state index contributed by atoms with van der Waals surface area (Å²) in [6.45, 7) is 3.86. The molecule has 14 heavy (non-hydrogen) atoms. The fourth-order valence-electron chi connectivity index (χ4n) is 0.937. The molecule has 0 unspecified atom stereocenters. The number of pyridine rings is 1. The molecule has 0 atom stereocenters. The van der Waals surface area contributed by atoms with Crippen LogP contribution in [0.1, 0.15) is 18.2 Å². The Kier molecular flexibility index (Phi) is 3.80. The van der Waals surface area contributed by atoms with Gasteiger partial charge in [0.25, 0.3) is 0 Å². The van der Waals surface area contributed by atoms with Gasteiger partial charge in [-0.25, -0.2) is 0 Å². The molecule has 0 saturated heterocycles. The minimum Gasteiger partial charge on any atom is -0.308 e. The van der Waals surface area contributed by atoms with Gasteiger partial charge < -0.3 is 5.41 Å². The van der Waals surface area contributed by atoms with E-state index in [0.29, 0.717) is 0 Å². The first-order valence-corrected chi connectivity index (χ1v) is 4.50. The van der Waals surface area contributed by atoms with Crippen LogP contribution in [-0.2, 0) is 0 Å². The third kappa shape index (κ3) is 3.35. The summed E-state index contributed by atoms with van der Waals surface area (Å²) in [4.78, 5) is 4.18. The predicted octanol–water partition coefficient (Wildman–Crippen LogP) is 3.00. The molecule has 2 heteroatoms. The van der Waals surface area contributed by atoms with Crippen LogP contribution in [0.2, 0.25) is 0 Å². The maximum Gasteiger partial charge on any atom is 0.0373 e. The van der Waals surface area contributed by atoms with Gasteiger partial charge in [-0.2, -0.15) is 0 Å². The standard InChI is InChI=1S/C12H14N2/c1-10(8-13)4-3-5-12-7-6-11(2)14-9-12/h3-9,13H,1-2H3/b5-3+,10-4-,13-8?. The largest absolute Gasteiger partial charge is 0.308 e. The minimum atomic E-state index is 0.932. The molecule has 0 fully saturated rings. The number of allylic oxidation sites excluding steroid dienone is 3. The molecular formula is C12H14N2. The highest BCUT2D eigenvalue weighted by Gasteiger charge is 1.86. The van der Waals surface area contributed by atoms with E-state index in [1.54, 1.807) is 0 Å². The summed E-state index contributed by atoms with van der Waals surface area (Å²) in [7, 11) is 0. The van der Waals surface area contributed by atoms with Crippen molar-refractivity contribution in [3.05, 3.63) is 47.3 Å². The number of aryl methyl sites for hydroxylation is 1. The van der Waals surface area contributed by atoms with E-state index in [1.807, 2.05) is 50.4 Å². The van der Waals surface area contributed by atoms with Crippen LogP contribution >= 0.6 is 0 Å². The number of aromatic nitrogens is 1. The Morgan fingerprint density at radius 2 is 2.21 bits per heavy atom. The molecule has 0 saturated carbocycles. The lowest BCUT2D eigenvalue weighted by Crippen LogP contribution is -1.79. The van der Waals surface area contributed by atoms with Crippen LogP contribution in [0.25, 0.3) is 6.08 Å². The second kappa shape index (κ2) is 5.12. The number of rotatable bonds is 3. The number of hydrogen-bond donors (Lipinski definition) is 1. The summed E-state index contributed by atoms with van der Waals surface area (Å²) in [5.74, 6) is 0. The number of nitrogens with one attached hydrogen (secondary N) is 1. The van der Waals surface area contributed by atoms with Crippen LogP contribution in [0.5, 0.6) is 0 Å². The van der Waals surface area contributed by atoms with Gasteiger partial charge in [-0.15, -0.1) is 0 Å². The van der Waals surface area contributed by atoms with Gasteiger partial charge >= 0.3 is 0 Å². The molecule has 0 aliphatic rings. The molecule has 0 aliphatic carbocycles. The monoisotopic (exact) mass is 186 g/mol. The van der Waals surface area contributed by atoms with Gasteiger partial charge in [0.15, 0.2) is 0 Å². The second-order valence-electron chi connectivity index (χ2n) is 3.15. The molecule has 1 aromatic rings. The molecular weight excluding hydrogens is 172 g/mol. The molecule has 0 spiro atoms. The van der Waals surface area contributed by atoms with Crippen LogP contribution in [0.4, 0.5) is 0 Å². The summed E-state index contributed by atoms with van der Waals surface area (Å²) in [5.41, 5.74) is 3.03. The summed E-state index contributed by atoms with van der Waals surface area (Å²) in [6.07, 6.45) is 8.95. The van der Waals surface area contributed by atoms with Gasteiger partial charge in [-0.3, -0.25) is 4.98 Å². The van der Waals surface area contributed by atoms with E-state index in [0.717, 1.165) is 16.8 Å². The predicted molar refractivity (Wildman–Crippen MR) is 60.5 cm³/mol. The van der Waals surface area contributed by atoms with Crippen molar-refractivity contribution < 1.29 is 0 Å². The molecule has 0 aromatic carbocycles. The maximum atomic E-state index is 6.98. The van der Waals surface area contributed by atoms with Crippen molar-refractivity contribution in [2.24, 2.45) is 0 Å². The van der Waals surface area contributed by atoms with Crippen molar-refractivity contribution in [1.82, 2.24) is 4.98 Å². The van der Waals surface area contributed by atoms with Crippen molar-refractivity contribution >= 4 is 12.3 Å². The second-order valence-corrected chi connectivity index (χ2v) is 3.15. The lowest BCUT2D eigenvalue weighted by molar-refractivity contribution is 1.19. The van der Waals surface area contributed by atoms with Crippen LogP contribution in [-0.4, -0.2) is 11.2 Å². The highest BCUT2D eigenvalue weighted by atomic mass is 14.6. The maximum absolute atomic E-state index is 6.98. The van der Waals surface area contributed by atoms with Crippen molar-refractivity contribution in [2.45, 2.75) is 13.8 Å². The molecule has 1 N–H and O–H groups in total. The fourth-order valence-corrected chi connectivity index (χ4v) is 0.937. The quantitative estimate of drug-likeness (QED) is 0.571. The average molecular weight is 186 g/mol. The van der Waals surface area contributed by atoms with Gasteiger partial charge in [0.1, 0.15) is 0 Å². The summed E-state index contributed by atoms with van der Waals surface area (Å²) < 4.78 is 0. The Balaban J connectivity index is 2.69. The minimum absolute atomic E-state index is 0.932. The highest BCUT2D eigenvalue weighted by molar-refractivity contribution is 5.75. The van der Waals surface area contributed by atoms with E-state index in [9.17, 15) is 0 Å². The zero-order valence-electron chi connectivity index (χ0n) is 8.49. The Morgan fingerprint density at radius 1 is 1.43 bits per heavy atom. The Labute approximate surface area is 84.5 Å². The van der Waals surface area contributed by atoms with Crippen LogP contribution < -0.4 is 0 Å². The van der Waals surface area contributed by atoms with Gasteiger partial charge in [-0.05, 0) is 31.1 Å². The zero-order chi connectivity index (χ0) is 10.4. The van der Waals surface area contributed by atoms with E-state index in [4.69, 9.17) is 5.41 Å². The summed E-state index contributed by atoms with van der Waals surface area (Å²) in [6, 6.07) is 4.00. The topological polar surface area (TPSA) is 36.7 Å². The Morgan fingerprint density at radius 3 is 2.79 bits per heavy atom. The van der Waals surface area contributed by atoms with Crippen molar-refractivity contribution in [3.8, 4) is 0 Å². The third-order valence-electron chi connectivity index (χ3n) is 1.81. The van der Waals surface area contributed by atoms with Gasteiger partial charge in [0.05, 0.1) is 0 Å². The summed E-state index contributed by atoms with van der Waals surface area (Å²) in [5, 5.41) is 6.98. The van der Waals surface area contributed by atoms with Crippen molar-refractivity contribution in [3.63, 3.8) is 0 Å². The van der Waals surface area contributed by atoms with Gasteiger partial charge in [0.2, 0.25) is 0 Å². The van der Waals surface area contributed by atoms with E-state index in [1.165, 1.54) is 6.21 Å². The first-order chi connectivity index (χ1) is 6.72. The van der Waals surface area contributed by atoms with E-state index in [-0.39, 0.29) is 0 Å². The molecule has 0 aliphatic heterocycles. The molecule has 1 aromatic heterocycles. The molecule has 2 nitrogen and oxygen atoms in total. The fraction of sp³-hybridized carbons (Fsp3) is 0.167. The Bertz CT molecular complexity index is 358. The normalized spacial score (nSPS) is 12.0. The first-order valence-electron chi connectivity index (χ1n) is 4.50. The molecule has 0 radical (unpaired) electrons. The van der Waals surface area contributed by atoms with Crippen molar-refractivity contribution in [2.75, 3.05) is 0 Å². The lowest BCUT2D eigenvalue weighted by Gasteiger charge is -1.92. The summed E-state index contributed by atoms with van der Waals surface area (Å²) >= 11 is 0. The number of hydrogen-bond acceptors (Lipinski definition) is 2. The Hall–Kier alpha value is -1.70. The van der Waals surface area contributed by atoms with Crippen LogP contribution in [0.3, 0.4) is 0 Å². The van der Waals surface area contributed by atoms with Gasteiger partial charge in [-0.1, -0.05) is 24.3 Å². The molecule has 72 valence electrons. The number of nitrogens with zero attached hydrogens (tertiary/aromatic N) is 1. The van der Waals surface area contributed by atoms with E-state index in [2.05, 4.69) is 4.98 Å². The van der Waals surface area contributed by atoms with E-state index >= 15 is 0 Å². The SMILES string of the molecule is C/C(C=N)=C/C=C/c1ccc(C)nc1.